The van der Waals surface area contributed by atoms with Crippen molar-refractivity contribution in [3.05, 3.63) is 71.5 Å². The molecule has 3 amide bonds. The topological polar surface area (TPSA) is 87.5 Å². The molecule has 1 aromatic heterocycles. The van der Waals surface area contributed by atoms with Crippen LogP contribution in [0.4, 0.5) is 11.4 Å². The van der Waals surface area contributed by atoms with Crippen LogP contribution in [0.5, 0.6) is 0 Å². The Balaban J connectivity index is 1.40. The predicted octanol–water partition coefficient (Wildman–Crippen LogP) is 3.20. The third kappa shape index (κ3) is 3.85. The molecule has 2 aromatic carbocycles. The van der Waals surface area contributed by atoms with Crippen molar-refractivity contribution in [1.29, 1.82) is 0 Å². The van der Waals surface area contributed by atoms with Gasteiger partial charge in [0.25, 0.3) is 5.91 Å². The van der Waals surface area contributed by atoms with Crippen LogP contribution in [0.3, 0.4) is 0 Å². The number of hydrogen-bond donors (Lipinski definition) is 1. The largest absolute Gasteiger partial charge is 0.331 e. The number of carbonyl (C=O) groups excluding carboxylic acids is 3. The van der Waals surface area contributed by atoms with Gasteiger partial charge in [0.2, 0.25) is 11.8 Å². The smallest absolute Gasteiger partial charge is 0.274 e. The van der Waals surface area contributed by atoms with Crippen molar-refractivity contribution in [2.75, 3.05) is 23.8 Å². The van der Waals surface area contributed by atoms with E-state index in [4.69, 9.17) is 0 Å². The molecule has 0 fully saturated rings. The van der Waals surface area contributed by atoms with Crippen LogP contribution in [0.25, 0.3) is 5.69 Å². The third-order valence-corrected chi connectivity index (χ3v) is 6.48. The first-order valence-corrected chi connectivity index (χ1v) is 11.6. The molecule has 8 nitrogen and oxygen atoms in total. The maximum absolute atomic E-state index is 13.4. The Bertz CT molecular complexity index is 1270. The number of anilines is 2. The van der Waals surface area contributed by atoms with E-state index >= 15 is 0 Å². The van der Waals surface area contributed by atoms with Crippen LogP contribution in [0.1, 0.15) is 41.5 Å². The second kappa shape index (κ2) is 8.78. The van der Waals surface area contributed by atoms with E-state index in [0.29, 0.717) is 17.1 Å². The zero-order chi connectivity index (χ0) is 23.8. The van der Waals surface area contributed by atoms with E-state index in [1.165, 1.54) is 4.90 Å². The number of para-hydroxylation sites is 3. The van der Waals surface area contributed by atoms with Crippen molar-refractivity contribution in [3.63, 3.8) is 0 Å². The van der Waals surface area contributed by atoms with Crippen LogP contribution in [0.2, 0.25) is 0 Å². The summed E-state index contributed by atoms with van der Waals surface area (Å²) in [4.78, 5) is 42.1. The minimum Gasteiger partial charge on any atom is -0.331 e. The summed E-state index contributed by atoms with van der Waals surface area (Å²) < 4.78 is 1.86. The van der Waals surface area contributed by atoms with Gasteiger partial charge in [-0.1, -0.05) is 30.3 Å². The summed E-state index contributed by atoms with van der Waals surface area (Å²) in [5, 5.41) is 7.52. The Labute approximate surface area is 198 Å². The van der Waals surface area contributed by atoms with Crippen molar-refractivity contribution < 1.29 is 14.4 Å². The van der Waals surface area contributed by atoms with Crippen molar-refractivity contribution in [1.82, 2.24) is 14.7 Å². The molecule has 0 bridgehead atoms. The van der Waals surface area contributed by atoms with Gasteiger partial charge in [0.05, 0.1) is 17.1 Å². The molecule has 8 heteroatoms. The minimum absolute atomic E-state index is 0.112. The van der Waals surface area contributed by atoms with Gasteiger partial charge in [0.15, 0.2) is 5.69 Å². The van der Waals surface area contributed by atoms with Gasteiger partial charge in [0, 0.05) is 30.8 Å². The Kier molecular flexibility index (Phi) is 5.65. The highest BCUT2D eigenvalue weighted by Gasteiger charge is 2.33. The second-order valence-corrected chi connectivity index (χ2v) is 8.92. The molecule has 1 atom stereocenters. The summed E-state index contributed by atoms with van der Waals surface area (Å²) >= 11 is 0. The van der Waals surface area contributed by atoms with E-state index in [2.05, 4.69) is 10.4 Å². The molecule has 0 radical (unpaired) electrons. The van der Waals surface area contributed by atoms with E-state index in [0.717, 1.165) is 36.2 Å². The van der Waals surface area contributed by atoms with Crippen LogP contribution >= 0.6 is 0 Å². The van der Waals surface area contributed by atoms with E-state index in [9.17, 15) is 14.4 Å². The van der Waals surface area contributed by atoms with Gasteiger partial charge < -0.3 is 15.1 Å². The maximum atomic E-state index is 13.4. The number of benzene rings is 2. The number of amides is 3. The number of carbonyl (C=O) groups is 3. The molecular weight excluding hydrogens is 430 g/mol. The molecule has 1 aliphatic heterocycles. The van der Waals surface area contributed by atoms with Crippen LogP contribution in [0, 0.1) is 0 Å². The molecule has 0 saturated carbocycles. The van der Waals surface area contributed by atoms with Crippen molar-refractivity contribution >= 4 is 29.1 Å². The van der Waals surface area contributed by atoms with Gasteiger partial charge >= 0.3 is 0 Å². The lowest BCUT2D eigenvalue weighted by atomic mass is 10.1. The first kappa shape index (κ1) is 21.9. The SMILES string of the molecule is C[C@@H]1CC(=O)Nc2ccccc2N1C(=O)CN(C)C(=O)c1nn(-c2ccccc2)c2c1CCC2. The summed E-state index contributed by atoms with van der Waals surface area (Å²) in [6, 6.07) is 16.7. The molecular formula is C26H27N5O3. The van der Waals surface area contributed by atoms with E-state index in [-0.39, 0.29) is 36.7 Å². The lowest BCUT2D eigenvalue weighted by molar-refractivity contribution is -0.119. The Morgan fingerprint density at radius 2 is 1.82 bits per heavy atom. The number of hydrogen-bond acceptors (Lipinski definition) is 4. The van der Waals surface area contributed by atoms with Gasteiger partial charge in [-0.3, -0.25) is 14.4 Å². The molecule has 2 aliphatic rings. The van der Waals surface area contributed by atoms with E-state index < -0.39 is 0 Å². The molecule has 1 N–H and O–H groups in total. The Morgan fingerprint density at radius 1 is 1.09 bits per heavy atom. The molecule has 34 heavy (non-hydrogen) atoms. The van der Waals surface area contributed by atoms with E-state index in [1.807, 2.05) is 60.1 Å². The molecule has 2 heterocycles. The summed E-state index contributed by atoms with van der Waals surface area (Å²) in [6.07, 6.45) is 2.84. The lowest BCUT2D eigenvalue weighted by Gasteiger charge is -2.29. The zero-order valence-corrected chi connectivity index (χ0v) is 19.3. The van der Waals surface area contributed by atoms with Gasteiger partial charge in [-0.2, -0.15) is 5.10 Å². The average molecular weight is 458 g/mol. The van der Waals surface area contributed by atoms with Gasteiger partial charge in [-0.15, -0.1) is 0 Å². The molecule has 0 unspecified atom stereocenters. The highest BCUT2D eigenvalue weighted by Crippen LogP contribution is 2.32. The highest BCUT2D eigenvalue weighted by atomic mass is 16.2. The highest BCUT2D eigenvalue weighted by molar-refractivity contribution is 6.06. The van der Waals surface area contributed by atoms with Crippen molar-refractivity contribution in [2.45, 2.75) is 38.6 Å². The standard InChI is InChI=1S/C26H27N5O3/c1-17-15-23(32)27-20-12-6-7-13-22(20)30(17)24(33)16-29(2)26(34)25-19-11-8-14-21(19)31(28-25)18-9-4-3-5-10-18/h3-7,9-10,12-13,17H,8,11,14-16H2,1-2H3,(H,27,32)/t17-/m1/s1. The fourth-order valence-electron chi connectivity index (χ4n) is 4.89. The summed E-state index contributed by atoms with van der Waals surface area (Å²) in [6.45, 7) is 1.73. The molecule has 1 aliphatic carbocycles. The molecule has 0 spiro atoms. The molecule has 3 aromatic rings. The lowest BCUT2D eigenvalue weighted by Crippen LogP contribution is -2.45. The summed E-state index contributed by atoms with van der Waals surface area (Å²) in [5.74, 6) is -0.653. The van der Waals surface area contributed by atoms with Crippen LogP contribution in [-0.2, 0) is 22.4 Å². The monoisotopic (exact) mass is 457 g/mol. The van der Waals surface area contributed by atoms with Crippen LogP contribution in [-0.4, -0.2) is 52.0 Å². The zero-order valence-electron chi connectivity index (χ0n) is 19.3. The van der Waals surface area contributed by atoms with Gasteiger partial charge in [-0.05, 0) is 50.5 Å². The fraction of sp³-hybridized carbons (Fsp3) is 0.308. The predicted molar refractivity (Wildman–Crippen MR) is 129 cm³/mol. The van der Waals surface area contributed by atoms with Crippen molar-refractivity contribution in [2.24, 2.45) is 0 Å². The van der Waals surface area contributed by atoms with Crippen LogP contribution < -0.4 is 10.2 Å². The second-order valence-electron chi connectivity index (χ2n) is 8.92. The van der Waals surface area contributed by atoms with Gasteiger partial charge in [0.1, 0.15) is 6.54 Å². The fourth-order valence-corrected chi connectivity index (χ4v) is 4.89. The number of fused-ring (bicyclic) bond motifs is 2. The molecule has 174 valence electrons. The van der Waals surface area contributed by atoms with E-state index in [1.54, 1.807) is 18.0 Å². The van der Waals surface area contributed by atoms with Crippen LogP contribution in [0.15, 0.2) is 54.6 Å². The quantitative estimate of drug-likeness (QED) is 0.652. The number of likely N-dealkylation sites (N-methyl/N-ethyl adjacent to an activating group) is 1. The first-order valence-electron chi connectivity index (χ1n) is 11.6. The maximum Gasteiger partial charge on any atom is 0.274 e. The normalized spacial score (nSPS) is 16.9. The Morgan fingerprint density at radius 3 is 2.62 bits per heavy atom. The number of rotatable bonds is 4. The molecule has 0 saturated heterocycles. The Hall–Kier alpha value is -3.94. The number of nitrogens with one attached hydrogen (secondary N) is 1. The number of nitrogens with zero attached hydrogens (tertiary/aromatic N) is 4. The molecule has 5 rings (SSSR count). The van der Waals surface area contributed by atoms with Gasteiger partial charge in [-0.25, -0.2) is 4.68 Å². The third-order valence-electron chi connectivity index (χ3n) is 6.48. The summed E-state index contributed by atoms with van der Waals surface area (Å²) in [5.41, 5.74) is 4.60. The minimum atomic E-state index is -0.332. The first-order chi connectivity index (χ1) is 16.4. The van der Waals surface area contributed by atoms with Crippen molar-refractivity contribution in [3.8, 4) is 5.69 Å². The number of aromatic nitrogens is 2. The summed E-state index contributed by atoms with van der Waals surface area (Å²) in [7, 11) is 1.63. The average Bonchev–Trinajstić information content (AvgIpc) is 3.40.